The van der Waals surface area contributed by atoms with E-state index in [4.69, 9.17) is 4.74 Å². The summed E-state index contributed by atoms with van der Waals surface area (Å²) in [5.74, 6) is 0.998. The molecule has 4 aromatic rings. The van der Waals surface area contributed by atoms with Crippen molar-refractivity contribution in [3.05, 3.63) is 72.9 Å². The van der Waals surface area contributed by atoms with Crippen LogP contribution in [0.2, 0.25) is 0 Å². The first kappa shape index (κ1) is 16.7. The summed E-state index contributed by atoms with van der Waals surface area (Å²) in [6, 6.07) is 14.6. The van der Waals surface area contributed by atoms with Gasteiger partial charge in [0.05, 0.1) is 11.8 Å². The molecule has 27 heavy (non-hydrogen) atoms. The minimum Gasteiger partial charge on any atom is -0.438 e. The molecular weight excluding hydrogens is 342 g/mol. The van der Waals surface area contributed by atoms with E-state index in [2.05, 4.69) is 20.3 Å². The molecule has 7 nitrogen and oxygen atoms in total. The normalized spacial score (nSPS) is 10.7. The highest BCUT2D eigenvalue weighted by Gasteiger charge is 2.09. The molecule has 1 amide bonds. The van der Waals surface area contributed by atoms with Crippen molar-refractivity contribution in [2.75, 3.05) is 5.32 Å². The fourth-order valence-corrected chi connectivity index (χ4v) is 2.73. The molecule has 0 unspecified atom stereocenters. The molecule has 7 heteroatoms. The predicted molar refractivity (Wildman–Crippen MR) is 102 cm³/mol. The number of carbonyl (C=O) groups excluding carboxylic acids is 1. The number of pyridine rings is 1. The molecule has 0 aliphatic carbocycles. The van der Waals surface area contributed by atoms with Gasteiger partial charge in [0.25, 0.3) is 0 Å². The molecule has 0 saturated heterocycles. The van der Waals surface area contributed by atoms with Gasteiger partial charge in [-0.1, -0.05) is 6.07 Å². The molecule has 0 aliphatic heterocycles. The second kappa shape index (κ2) is 7.25. The van der Waals surface area contributed by atoms with Gasteiger partial charge in [-0.3, -0.25) is 9.78 Å². The van der Waals surface area contributed by atoms with Gasteiger partial charge in [-0.2, -0.15) is 0 Å². The molecule has 0 saturated carbocycles. The van der Waals surface area contributed by atoms with Crippen molar-refractivity contribution in [1.82, 2.24) is 19.5 Å². The van der Waals surface area contributed by atoms with E-state index in [1.165, 1.54) is 6.33 Å². The minimum absolute atomic E-state index is 0.121. The van der Waals surface area contributed by atoms with Gasteiger partial charge in [-0.15, -0.1) is 0 Å². The smallest absolute Gasteiger partial charge is 0.231 e. The Kier molecular flexibility index (Phi) is 4.49. The molecule has 1 N–H and O–H groups in total. The molecule has 0 bridgehead atoms. The van der Waals surface area contributed by atoms with Gasteiger partial charge in [0.2, 0.25) is 11.8 Å². The third-order valence-corrected chi connectivity index (χ3v) is 4.05. The SMILES string of the molecule is Cn1ccc2c(Oc3ccc(NC(=O)Cc4ccccn4)cc3)ncnc21. The van der Waals surface area contributed by atoms with Crippen LogP contribution in [-0.2, 0) is 18.3 Å². The Morgan fingerprint density at radius 2 is 1.93 bits per heavy atom. The number of fused-ring (bicyclic) bond motifs is 1. The molecule has 1 aromatic carbocycles. The zero-order valence-electron chi connectivity index (χ0n) is 14.7. The highest BCUT2D eigenvalue weighted by molar-refractivity contribution is 5.92. The molecule has 3 aromatic heterocycles. The monoisotopic (exact) mass is 359 g/mol. The number of hydrogen-bond donors (Lipinski definition) is 1. The van der Waals surface area contributed by atoms with Gasteiger partial charge in [-0.05, 0) is 42.5 Å². The van der Waals surface area contributed by atoms with Gasteiger partial charge in [0, 0.05) is 30.8 Å². The Morgan fingerprint density at radius 3 is 2.70 bits per heavy atom. The number of nitrogens with one attached hydrogen (secondary N) is 1. The van der Waals surface area contributed by atoms with Crippen LogP contribution in [0.3, 0.4) is 0 Å². The number of hydrogen-bond acceptors (Lipinski definition) is 5. The summed E-state index contributed by atoms with van der Waals surface area (Å²) in [6.07, 6.45) is 5.29. The van der Waals surface area contributed by atoms with Gasteiger partial charge >= 0.3 is 0 Å². The number of anilines is 1. The average Bonchev–Trinajstić information content (AvgIpc) is 3.06. The van der Waals surface area contributed by atoms with Crippen LogP contribution in [0.5, 0.6) is 11.6 Å². The molecule has 4 rings (SSSR count). The first-order valence-corrected chi connectivity index (χ1v) is 8.43. The minimum atomic E-state index is -0.121. The Morgan fingerprint density at radius 1 is 1.07 bits per heavy atom. The van der Waals surface area contributed by atoms with Crippen LogP contribution in [-0.4, -0.2) is 25.4 Å². The lowest BCUT2D eigenvalue weighted by molar-refractivity contribution is -0.115. The molecule has 0 atom stereocenters. The maximum Gasteiger partial charge on any atom is 0.231 e. The van der Waals surface area contributed by atoms with E-state index < -0.39 is 0 Å². The van der Waals surface area contributed by atoms with E-state index in [0.717, 1.165) is 16.7 Å². The summed E-state index contributed by atoms with van der Waals surface area (Å²) in [7, 11) is 1.92. The Balaban J connectivity index is 1.43. The van der Waals surface area contributed by atoms with Crippen LogP contribution in [0.4, 0.5) is 5.69 Å². The summed E-state index contributed by atoms with van der Waals surface area (Å²) < 4.78 is 7.78. The number of rotatable bonds is 5. The van der Waals surface area contributed by atoms with Crippen LogP contribution in [0.1, 0.15) is 5.69 Å². The maximum atomic E-state index is 12.1. The highest BCUT2D eigenvalue weighted by Crippen LogP contribution is 2.27. The molecule has 0 radical (unpaired) electrons. The number of aromatic nitrogens is 4. The van der Waals surface area contributed by atoms with Crippen LogP contribution in [0.15, 0.2) is 67.3 Å². The predicted octanol–water partition coefficient (Wildman–Crippen LogP) is 3.34. The molecular formula is C20H17N5O2. The molecule has 3 heterocycles. The fourth-order valence-electron chi connectivity index (χ4n) is 2.73. The summed E-state index contributed by atoms with van der Waals surface area (Å²) in [4.78, 5) is 24.7. The van der Waals surface area contributed by atoms with Gasteiger partial charge < -0.3 is 14.6 Å². The van der Waals surface area contributed by atoms with Crippen molar-refractivity contribution >= 4 is 22.6 Å². The van der Waals surface area contributed by atoms with Crippen molar-refractivity contribution in [3.63, 3.8) is 0 Å². The molecule has 0 fully saturated rings. The lowest BCUT2D eigenvalue weighted by Crippen LogP contribution is -2.14. The van der Waals surface area contributed by atoms with Crippen molar-refractivity contribution < 1.29 is 9.53 Å². The third-order valence-electron chi connectivity index (χ3n) is 4.05. The van der Waals surface area contributed by atoms with Gasteiger partial charge in [-0.25, -0.2) is 9.97 Å². The first-order valence-electron chi connectivity index (χ1n) is 8.43. The molecule has 0 aliphatic rings. The van der Waals surface area contributed by atoms with Gasteiger partial charge in [0.1, 0.15) is 17.7 Å². The largest absolute Gasteiger partial charge is 0.438 e. The maximum absolute atomic E-state index is 12.1. The number of aryl methyl sites for hydroxylation is 1. The second-order valence-electron chi connectivity index (χ2n) is 6.02. The number of carbonyl (C=O) groups is 1. The van der Waals surface area contributed by atoms with E-state index in [1.54, 1.807) is 30.5 Å². The lowest BCUT2D eigenvalue weighted by atomic mass is 10.2. The van der Waals surface area contributed by atoms with Crippen molar-refractivity contribution in [1.29, 1.82) is 0 Å². The van der Waals surface area contributed by atoms with E-state index in [1.807, 2.05) is 42.1 Å². The van der Waals surface area contributed by atoms with E-state index in [0.29, 0.717) is 17.3 Å². The summed E-state index contributed by atoms with van der Waals surface area (Å²) >= 11 is 0. The number of amides is 1. The van der Waals surface area contributed by atoms with E-state index in [9.17, 15) is 4.79 Å². The van der Waals surface area contributed by atoms with Crippen LogP contribution >= 0.6 is 0 Å². The first-order chi connectivity index (χ1) is 13.2. The number of benzene rings is 1. The Labute approximate surface area is 155 Å². The second-order valence-corrected chi connectivity index (χ2v) is 6.02. The lowest BCUT2D eigenvalue weighted by Gasteiger charge is -2.08. The zero-order chi connectivity index (χ0) is 18.6. The van der Waals surface area contributed by atoms with Gasteiger partial charge in [0.15, 0.2) is 0 Å². The average molecular weight is 359 g/mol. The molecule has 0 spiro atoms. The Hall–Kier alpha value is -3.74. The summed E-state index contributed by atoms with van der Waals surface area (Å²) in [6.45, 7) is 0. The zero-order valence-corrected chi connectivity index (χ0v) is 14.7. The molecule has 134 valence electrons. The third kappa shape index (κ3) is 3.77. The van der Waals surface area contributed by atoms with Crippen LogP contribution in [0, 0.1) is 0 Å². The topological polar surface area (TPSA) is 81.9 Å². The fraction of sp³-hybridized carbons (Fsp3) is 0.100. The van der Waals surface area contributed by atoms with E-state index in [-0.39, 0.29) is 12.3 Å². The standard InChI is InChI=1S/C20H17N5O2/c1-25-11-9-17-19(25)22-13-23-20(17)27-16-7-5-14(6-8-16)24-18(26)12-15-4-2-3-10-21-15/h2-11,13H,12H2,1H3,(H,24,26). The van der Waals surface area contributed by atoms with Crippen molar-refractivity contribution in [2.24, 2.45) is 7.05 Å². The van der Waals surface area contributed by atoms with Crippen LogP contribution < -0.4 is 10.1 Å². The number of nitrogens with zero attached hydrogens (tertiary/aromatic N) is 4. The van der Waals surface area contributed by atoms with Crippen molar-refractivity contribution in [2.45, 2.75) is 6.42 Å². The summed E-state index contributed by atoms with van der Waals surface area (Å²) in [5.41, 5.74) is 2.22. The quantitative estimate of drug-likeness (QED) is 0.591. The highest BCUT2D eigenvalue weighted by atomic mass is 16.5. The summed E-state index contributed by atoms with van der Waals surface area (Å²) in [5, 5.41) is 3.69. The number of ether oxygens (including phenoxy) is 1. The Bertz CT molecular complexity index is 1070. The van der Waals surface area contributed by atoms with Crippen LogP contribution in [0.25, 0.3) is 11.0 Å². The van der Waals surface area contributed by atoms with E-state index >= 15 is 0 Å². The van der Waals surface area contributed by atoms with Crippen molar-refractivity contribution in [3.8, 4) is 11.6 Å².